The first-order valence-corrected chi connectivity index (χ1v) is 8.57. The number of hydrogen-bond donors (Lipinski definition) is 1. The van der Waals surface area contributed by atoms with Gasteiger partial charge in [0.15, 0.2) is 0 Å². The monoisotopic (exact) mass is 343 g/mol. The van der Waals surface area contributed by atoms with Crippen molar-refractivity contribution in [2.75, 3.05) is 31.5 Å². The van der Waals surface area contributed by atoms with Crippen LogP contribution in [0.15, 0.2) is 48.5 Å². The lowest BCUT2D eigenvalue weighted by molar-refractivity contribution is 0.143. The van der Waals surface area contributed by atoms with E-state index in [1.165, 1.54) is 11.1 Å². The van der Waals surface area contributed by atoms with Gasteiger partial charge >= 0.3 is 6.03 Å². The summed E-state index contributed by atoms with van der Waals surface area (Å²) in [7, 11) is 0. The predicted molar refractivity (Wildman–Crippen MR) is 98.5 cm³/mol. The second-order valence-corrected chi connectivity index (χ2v) is 6.63. The molecule has 1 N–H and O–H groups in total. The average Bonchev–Trinajstić information content (AvgIpc) is 2.57. The van der Waals surface area contributed by atoms with E-state index in [9.17, 15) is 4.79 Å². The van der Waals surface area contributed by atoms with Gasteiger partial charge in [-0.15, -0.1) is 0 Å². The third-order valence-corrected chi connectivity index (χ3v) is 4.50. The first kappa shape index (κ1) is 16.8. The molecule has 0 radical (unpaired) electrons. The third kappa shape index (κ3) is 4.49. The fraction of sp³-hybridized carbons (Fsp3) is 0.316. The number of hydrogen-bond acceptors (Lipinski definition) is 2. The Hall–Kier alpha value is -2.04. The van der Waals surface area contributed by atoms with E-state index < -0.39 is 0 Å². The number of urea groups is 1. The number of nitrogens with zero attached hydrogens (tertiary/aromatic N) is 2. The van der Waals surface area contributed by atoms with E-state index >= 15 is 0 Å². The Balaban J connectivity index is 1.49. The van der Waals surface area contributed by atoms with E-state index in [1.54, 1.807) is 12.1 Å². The number of nitrogens with one attached hydrogen (secondary N) is 1. The van der Waals surface area contributed by atoms with Gasteiger partial charge in [-0.05, 0) is 36.8 Å². The van der Waals surface area contributed by atoms with Crippen LogP contribution in [0, 0.1) is 6.92 Å². The van der Waals surface area contributed by atoms with E-state index in [0.29, 0.717) is 5.02 Å². The molecular weight excluding hydrogens is 322 g/mol. The summed E-state index contributed by atoms with van der Waals surface area (Å²) in [4.78, 5) is 16.6. The number of carbonyl (C=O) groups excluding carboxylic acids is 1. The molecule has 2 aromatic carbocycles. The molecule has 1 fully saturated rings. The van der Waals surface area contributed by atoms with Crippen molar-refractivity contribution >= 4 is 23.3 Å². The summed E-state index contributed by atoms with van der Waals surface area (Å²) in [6, 6.07) is 15.7. The lowest BCUT2D eigenvalue weighted by Gasteiger charge is -2.34. The van der Waals surface area contributed by atoms with Crippen molar-refractivity contribution in [3.63, 3.8) is 0 Å². The number of halogens is 1. The number of aryl methyl sites for hydroxylation is 1. The Kier molecular flexibility index (Phi) is 5.38. The van der Waals surface area contributed by atoms with Crippen LogP contribution in [0.25, 0.3) is 0 Å². The second kappa shape index (κ2) is 7.69. The lowest BCUT2D eigenvalue weighted by atomic mass is 10.1. The molecule has 24 heavy (non-hydrogen) atoms. The Morgan fingerprint density at radius 2 is 1.79 bits per heavy atom. The number of amides is 2. The van der Waals surface area contributed by atoms with E-state index in [4.69, 9.17) is 11.6 Å². The maximum atomic E-state index is 12.3. The Morgan fingerprint density at radius 1 is 1.08 bits per heavy atom. The zero-order valence-electron chi connectivity index (χ0n) is 13.8. The molecule has 0 atom stereocenters. The predicted octanol–water partition coefficient (Wildman–Crippen LogP) is 4.00. The second-order valence-electron chi connectivity index (χ2n) is 6.19. The van der Waals surface area contributed by atoms with Crippen molar-refractivity contribution < 1.29 is 4.79 Å². The van der Waals surface area contributed by atoms with Gasteiger partial charge in [-0.25, -0.2) is 4.79 Å². The highest BCUT2D eigenvalue weighted by Gasteiger charge is 2.21. The SMILES string of the molecule is Cc1cccc(CN2CCN(C(=O)Nc3ccc(Cl)cc3)CC2)c1. The van der Waals surface area contributed by atoms with Crippen LogP contribution in [0.2, 0.25) is 5.02 Å². The van der Waals surface area contributed by atoms with E-state index in [1.807, 2.05) is 17.0 Å². The van der Waals surface area contributed by atoms with Gasteiger partial charge in [-0.3, -0.25) is 4.90 Å². The highest BCUT2D eigenvalue weighted by molar-refractivity contribution is 6.30. The molecule has 0 aromatic heterocycles. The summed E-state index contributed by atoms with van der Waals surface area (Å²) in [5, 5.41) is 3.59. The molecule has 1 aliphatic rings. The summed E-state index contributed by atoms with van der Waals surface area (Å²) >= 11 is 5.86. The van der Waals surface area contributed by atoms with Crippen molar-refractivity contribution in [1.82, 2.24) is 9.80 Å². The van der Waals surface area contributed by atoms with Crippen LogP contribution in [-0.2, 0) is 6.54 Å². The van der Waals surface area contributed by atoms with Crippen molar-refractivity contribution in [3.05, 3.63) is 64.7 Å². The maximum absolute atomic E-state index is 12.3. The van der Waals surface area contributed by atoms with E-state index in [2.05, 4.69) is 41.4 Å². The fourth-order valence-electron chi connectivity index (χ4n) is 2.91. The van der Waals surface area contributed by atoms with Crippen LogP contribution in [0.3, 0.4) is 0 Å². The van der Waals surface area contributed by atoms with Crippen LogP contribution >= 0.6 is 11.6 Å². The minimum atomic E-state index is -0.0486. The van der Waals surface area contributed by atoms with Crippen LogP contribution in [0.5, 0.6) is 0 Å². The van der Waals surface area contributed by atoms with Gasteiger partial charge in [0, 0.05) is 43.4 Å². The summed E-state index contributed by atoms with van der Waals surface area (Å²) in [5.74, 6) is 0. The van der Waals surface area contributed by atoms with Crippen LogP contribution in [0.4, 0.5) is 10.5 Å². The normalized spacial score (nSPS) is 15.3. The smallest absolute Gasteiger partial charge is 0.321 e. The number of benzene rings is 2. The molecule has 3 rings (SSSR count). The molecule has 1 saturated heterocycles. The van der Waals surface area contributed by atoms with Gasteiger partial charge < -0.3 is 10.2 Å². The standard InChI is InChI=1S/C19H22ClN3O/c1-15-3-2-4-16(13-15)14-22-9-11-23(12-10-22)19(24)21-18-7-5-17(20)6-8-18/h2-8,13H,9-12,14H2,1H3,(H,21,24). The first-order chi connectivity index (χ1) is 11.6. The van der Waals surface area contributed by atoms with Crippen LogP contribution in [0.1, 0.15) is 11.1 Å². The van der Waals surface area contributed by atoms with Gasteiger partial charge in [-0.2, -0.15) is 0 Å². The Morgan fingerprint density at radius 3 is 2.46 bits per heavy atom. The number of rotatable bonds is 3. The number of piperazine rings is 1. The van der Waals surface area contributed by atoms with Gasteiger partial charge in [0.05, 0.1) is 0 Å². The third-order valence-electron chi connectivity index (χ3n) is 4.24. The van der Waals surface area contributed by atoms with Crippen molar-refractivity contribution in [3.8, 4) is 0 Å². The molecule has 0 aliphatic carbocycles. The van der Waals surface area contributed by atoms with Gasteiger partial charge in [0.25, 0.3) is 0 Å². The molecule has 4 nitrogen and oxygen atoms in total. The molecule has 0 spiro atoms. The number of carbonyl (C=O) groups is 1. The molecule has 0 bridgehead atoms. The molecule has 1 aliphatic heterocycles. The Bertz CT molecular complexity index is 694. The molecule has 0 unspecified atom stereocenters. The molecule has 2 aromatic rings. The molecular formula is C19H22ClN3O. The summed E-state index contributed by atoms with van der Waals surface area (Å²) < 4.78 is 0. The van der Waals surface area contributed by atoms with Crippen molar-refractivity contribution in [1.29, 1.82) is 0 Å². The topological polar surface area (TPSA) is 35.6 Å². The van der Waals surface area contributed by atoms with Crippen LogP contribution < -0.4 is 5.32 Å². The summed E-state index contributed by atoms with van der Waals surface area (Å²) in [6.45, 7) is 6.32. The van der Waals surface area contributed by atoms with E-state index in [-0.39, 0.29) is 6.03 Å². The summed E-state index contributed by atoms with van der Waals surface area (Å²) in [6.07, 6.45) is 0. The first-order valence-electron chi connectivity index (χ1n) is 8.19. The van der Waals surface area contributed by atoms with Crippen LogP contribution in [-0.4, -0.2) is 42.0 Å². The zero-order chi connectivity index (χ0) is 16.9. The van der Waals surface area contributed by atoms with Crippen molar-refractivity contribution in [2.24, 2.45) is 0 Å². The summed E-state index contributed by atoms with van der Waals surface area (Å²) in [5.41, 5.74) is 3.38. The molecule has 0 saturated carbocycles. The zero-order valence-corrected chi connectivity index (χ0v) is 14.6. The molecule has 2 amide bonds. The fourth-order valence-corrected chi connectivity index (χ4v) is 3.04. The number of anilines is 1. The maximum Gasteiger partial charge on any atom is 0.321 e. The van der Waals surface area contributed by atoms with Gasteiger partial charge in [-0.1, -0.05) is 41.4 Å². The average molecular weight is 344 g/mol. The quantitative estimate of drug-likeness (QED) is 0.914. The van der Waals surface area contributed by atoms with Gasteiger partial charge in [0.2, 0.25) is 0 Å². The van der Waals surface area contributed by atoms with Gasteiger partial charge in [0.1, 0.15) is 0 Å². The van der Waals surface area contributed by atoms with Crippen molar-refractivity contribution in [2.45, 2.75) is 13.5 Å². The molecule has 126 valence electrons. The minimum absolute atomic E-state index is 0.0486. The minimum Gasteiger partial charge on any atom is -0.322 e. The molecule has 5 heteroatoms. The van der Waals surface area contributed by atoms with E-state index in [0.717, 1.165) is 38.4 Å². The lowest BCUT2D eigenvalue weighted by Crippen LogP contribution is -2.49. The largest absolute Gasteiger partial charge is 0.322 e. The highest BCUT2D eigenvalue weighted by Crippen LogP contribution is 2.15. The Labute approximate surface area is 148 Å². The molecule has 1 heterocycles. The highest BCUT2D eigenvalue weighted by atomic mass is 35.5.